The molecule has 0 atom stereocenters. The van der Waals surface area contributed by atoms with Crippen molar-refractivity contribution in [2.24, 2.45) is 0 Å². The predicted octanol–water partition coefficient (Wildman–Crippen LogP) is 3.18. The second-order valence-corrected chi connectivity index (χ2v) is 4.57. The predicted molar refractivity (Wildman–Crippen MR) is 64.9 cm³/mol. The Balaban J connectivity index is 2.22. The summed E-state index contributed by atoms with van der Waals surface area (Å²) < 4.78 is 22.6. The Morgan fingerprint density at radius 1 is 1.41 bits per heavy atom. The van der Waals surface area contributed by atoms with Gasteiger partial charge in [-0.05, 0) is 12.1 Å². The zero-order valence-corrected chi connectivity index (χ0v) is 10.3. The molecule has 0 aliphatic carbocycles. The van der Waals surface area contributed by atoms with Gasteiger partial charge in [0.25, 0.3) is 5.19 Å². The molecule has 0 spiro atoms. The maximum atomic E-state index is 13.0. The molecule has 2 rings (SSSR count). The fraction of sp³-hybridized carbons (Fsp3) is 0.273. The van der Waals surface area contributed by atoms with E-state index in [0.717, 1.165) is 11.5 Å². The molecule has 1 aromatic heterocycles. The molecule has 17 heavy (non-hydrogen) atoms. The van der Waals surface area contributed by atoms with Crippen molar-refractivity contribution in [1.82, 2.24) is 9.36 Å². The molecule has 4 nitrogen and oxygen atoms in total. The van der Waals surface area contributed by atoms with Crippen molar-refractivity contribution in [3.8, 4) is 10.9 Å². The van der Waals surface area contributed by atoms with Crippen LogP contribution in [0.4, 0.5) is 10.1 Å². The Bertz CT molecular complexity index is 527. The Hall–Kier alpha value is -1.69. The third-order valence-corrected chi connectivity index (χ3v) is 2.72. The Morgan fingerprint density at radius 2 is 2.18 bits per heavy atom. The van der Waals surface area contributed by atoms with Gasteiger partial charge in [0.05, 0.1) is 5.69 Å². The van der Waals surface area contributed by atoms with Crippen LogP contribution in [0.15, 0.2) is 18.2 Å². The van der Waals surface area contributed by atoms with Crippen LogP contribution in [-0.2, 0) is 0 Å². The van der Waals surface area contributed by atoms with Crippen LogP contribution in [-0.4, -0.2) is 9.36 Å². The van der Waals surface area contributed by atoms with Crippen molar-refractivity contribution in [3.05, 3.63) is 29.8 Å². The minimum atomic E-state index is -0.400. The third kappa shape index (κ3) is 2.71. The highest BCUT2D eigenvalue weighted by Crippen LogP contribution is 2.29. The second-order valence-electron chi connectivity index (χ2n) is 3.86. The number of nitrogen functional groups attached to an aromatic ring is 1. The van der Waals surface area contributed by atoms with Crippen molar-refractivity contribution in [3.63, 3.8) is 0 Å². The van der Waals surface area contributed by atoms with Crippen molar-refractivity contribution < 1.29 is 9.13 Å². The SMILES string of the molecule is CC(C)c1nsc(Oc2cc(F)ccc2N)n1. The van der Waals surface area contributed by atoms with Crippen LogP contribution in [0, 0.1) is 5.82 Å². The molecular formula is C11H12FN3OS. The number of rotatable bonds is 3. The van der Waals surface area contributed by atoms with Crippen molar-refractivity contribution in [1.29, 1.82) is 0 Å². The quantitative estimate of drug-likeness (QED) is 0.853. The number of halogens is 1. The first-order valence-corrected chi connectivity index (χ1v) is 5.90. The van der Waals surface area contributed by atoms with Gasteiger partial charge in [0.2, 0.25) is 0 Å². The van der Waals surface area contributed by atoms with Crippen LogP contribution in [0.1, 0.15) is 25.6 Å². The molecular weight excluding hydrogens is 241 g/mol. The zero-order valence-electron chi connectivity index (χ0n) is 9.48. The van der Waals surface area contributed by atoms with Crippen molar-refractivity contribution in [2.75, 3.05) is 5.73 Å². The summed E-state index contributed by atoms with van der Waals surface area (Å²) in [5.74, 6) is 0.799. The summed E-state index contributed by atoms with van der Waals surface area (Å²) in [6.45, 7) is 3.98. The van der Waals surface area contributed by atoms with Gasteiger partial charge >= 0.3 is 0 Å². The molecule has 0 unspecified atom stereocenters. The minimum absolute atomic E-state index is 0.230. The molecule has 2 aromatic rings. The number of aromatic nitrogens is 2. The summed E-state index contributed by atoms with van der Waals surface area (Å²) in [7, 11) is 0. The molecule has 0 saturated carbocycles. The molecule has 0 aliphatic heterocycles. The van der Waals surface area contributed by atoms with E-state index in [-0.39, 0.29) is 11.7 Å². The summed E-state index contributed by atoms with van der Waals surface area (Å²) in [4.78, 5) is 4.18. The topological polar surface area (TPSA) is 61.0 Å². The van der Waals surface area contributed by atoms with Gasteiger partial charge in [-0.1, -0.05) is 13.8 Å². The highest BCUT2D eigenvalue weighted by Gasteiger charge is 2.11. The van der Waals surface area contributed by atoms with E-state index in [1.165, 1.54) is 18.2 Å². The van der Waals surface area contributed by atoms with Crippen LogP contribution >= 0.6 is 11.5 Å². The molecule has 2 N–H and O–H groups in total. The second kappa shape index (κ2) is 4.67. The highest BCUT2D eigenvalue weighted by atomic mass is 32.1. The summed E-state index contributed by atoms with van der Waals surface area (Å²) >= 11 is 1.13. The molecule has 0 amide bonds. The lowest BCUT2D eigenvalue weighted by molar-refractivity contribution is 0.473. The van der Waals surface area contributed by atoms with E-state index in [2.05, 4.69) is 9.36 Å². The van der Waals surface area contributed by atoms with Crippen LogP contribution in [0.2, 0.25) is 0 Å². The summed E-state index contributed by atoms with van der Waals surface area (Å²) in [5, 5.41) is 0.367. The fourth-order valence-corrected chi connectivity index (χ4v) is 1.87. The molecule has 0 fully saturated rings. The maximum Gasteiger partial charge on any atom is 0.298 e. The van der Waals surface area contributed by atoms with Gasteiger partial charge in [-0.3, -0.25) is 0 Å². The molecule has 6 heteroatoms. The van der Waals surface area contributed by atoms with Gasteiger partial charge < -0.3 is 10.5 Å². The molecule has 0 aliphatic rings. The minimum Gasteiger partial charge on any atom is -0.428 e. The molecule has 1 aromatic carbocycles. The Labute approximate surface area is 102 Å². The van der Waals surface area contributed by atoms with Gasteiger partial charge in [-0.25, -0.2) is 4.39 Å². The number of anilines is 1. The Morgan fingerprint density at radius 3 is 2.82 bits per heavy atom. The number of nitrogens with two attached hydrogens (primary N) is 1. The standard InChI is InChI=1S/C11H12FN3OS/c1-6(2)10-14-11(17-15-10)16-9-5-7(12)3-4-8(9)13/h3-6H,13H2,1-2H3. The van der Waals surface area contributed by atoms with Gasteiger partial charge in [-0.15, -0.1) is 0 Å². The zero-order chi connectivity index (χ0) is 12.4. The monoisotopic (exact) mass is 253 g/mol. The molecule has 90 valence electrons. The van der Waals surface area contributed by atoms with Crippen LogP contribution in [0.25, 0.3) is 0 Å². The van der Waals surface area contributed by atoms with E-state index in [4.69, 9.17) is 10.5 Å². The van der Waals surface area contributed by atoms with E-state index in [9.17, 15) is 4.39 Å². The van der Waals surface area contributed by atoms with Crippen molar-refractivity contribution in [2.45, 2.75) is 19.8 Å². The van der Waals surface area contributed by atoms with E-state index < -0.39 is 5.82 Å². The number of nitrogens with zero attached hydrogens (tertiary/aromatic N) is 2. The molecule has 0 saturated heterocycles. The number of hydrogen-bond donors (Lipinski definition) is 1. The summed E-state index contributed by atoms with van der Waals surface area (Å²) in [5.41, 5.74) is 6.04. The number of ether oxygens (including phenoxy) is 1. The third-order valence-electron chi connectivity index (χ3n) is 2.11. The average molecular weight is 253 g/mol. The first-order valence-electron chi connectivity index (χ1n) is 5.12. The maximum absolute atomic E-state index is 13.0. The van der Waals surface area contributed by atoms with Gasteiger partial charge in [0.1, 0.15) is 11.6 Å². The lowest BCUT2D eigenvalue weighted by atomic mass is 10.2. The molecule has 0 bridgehead atoms. The van der Waals surface area contributed by atoms with Crippen LogP contribution in [0.3, 0.4) is 0 Å². The van der Waals surface area contributed by atoms with E-state index in [1.807, 2.05) is 13.8 Å². The van der Waals surface area contributed by atoms with E-state index in [1.54, 1.807) is 0 Å². The summed E-state index contributed by atoms with van der Waals surface area (Å²) in [6, 6.07) is 3.96. The van der Waals surface area contributed by atoms with E-state index >= 15 is 0 Å². The summed E-state index contributed by atoms with van der Waals surface area (Å²) in [6.07, 6.45) is 0. The van der Waals surface area contributed by atoms with E-state index in [0.29, 0.717) is 16.7 Å². The average Bonchev–Trinajstić information content (AvgIpc) is 2.72. The fourth-order valence-electron chi connectivity index (χ4n) is 1.19. The van der Waals surface area contributed by atoms with Crippen molar-refractivity contribution >= 4 is 17.2 Å². The molecule has 0 radical (unpaired) electrons. The number of benzene rings is 1. The lowest BCUT2D eigenvalue weighted by Crippen LogP contribution is -1.93. The largest absolute Gasteiger partial charge is 0.428 e. The van der Waals surface area contributed by atoms with Crippen LogP contribution in [0.5, 0.6) is 10.9 Å². The van der Waals surface area contributed by atoms with Crippen LogP contribution < -0.4 is 10.5 Å². The number of hydrogen-bond acceptors (Lipinski definition) is 5. The highest BCUT2D eigenvalue weighted by molar-refractivity contribution is 7.07. The van der Waals surface area contributed by atoms with Gasteiger partial charge in [0.15, 0.2) is 5.75 Å². The van der Waals surface area contributed by atoms with Gasteiger partial charge in [-0.2, -0.15) is 9.36 Å². The molecule has 1 heterocycles. The normalized spacial score (nSPS) is 10.8. The van der Waals surface area contributed by atoms with Gasteiger partial charge in [0, 0.05) is 23.5 Å². The smallest absolute Gasteiger partial charge is 0.298 e. The lowest BCUT2D eigenvalue weighted by Gasteiger charge is -2.04. The Kier molecular flexibility index (Phi) is 3.23. The first-order chi connectivity index (χ1) is 8.06. The first kappa shape index (κ1) is 11.8.